The summed E-state index contributed by atoms with van der Waals surface area (Å²) in [5.74, 6) is 0. The van der Waals surface area contributed by atoms with Crippen LogP contribution in [0.25, 0.3) is 0 Å². The van der Waals surface area contributed by atoms with E-state index in [0.29, 0.717) is 10.6 Å². The molecule has 2 rings (SSSR count). The van der Waals surface area contributed by atoms with Crippen LogP contribution in [0.1, 0.15) is 25.7 Å². The molecule has 102 valence electrons. The molecule has 0 aliphatic heterocycles. The molecule has 0 radical (unpaired) electrons. The maximum atomic E-state index is 12.4. The number of halogens is 1. The molecule has 2 atom stereocenters. The molecule has 0 amide bonds. The fourth-order valence-corrected chi connectivity index (χ4v) is 5.88. The van der Waals surface area contributed by atoms with Crippen molar-refractivity contribution in [3.63, 3.8) is 0 Å². The van der Waals surface area contributed by atoms with Gasteiger partial charge in [0.25, 0.3) is 10.0 Å². The molecule has 1 fully saturated rings. The number of nitrogens with zero attached hydrogens (tertiary/aromatic N) is 1. The first kappa shape index (κ1) is 14.5. The summed E-state index contributed by atoms with van der Waals surface area (Å²) < 4.78 is 27.2. The highest BCUT2D eigenvalue weighted by atomic mass is 79.9. The van der Waals surface area contributed by atoms with Crippen LogP contribution in [0.3, 0.4) is 0 Å². The van der Waals surface area contributed by atoms with Gasteiger partial charge in [0.05, 0.1) is 15.9 Å². The Morgan fingerprint density at radius 2 is 2.06 bits per heavy atom. The molecule has 1 N–H and O–H groups in total. The van der Waals surface area contributed by atoms with E-state index >= 15 is 0 Å². The first-order chi connectivity index (χ1) is 8.43. The van der Waals surface area contributed by atoms with E-state index in [1.807, 2.05) is 0 Å². The normalized spacial score (nSPS) is 25.6. The highest BCUT2D eigenvalue weighted by Gasteiger charge is 2.34. The Bertz CT molecular complexity index is 514. The Kier molecular flexibility index (Phi) is 4.48. The van der Waals surface area contributed by atoms with Crippen molar-refractivity contribution in [3.8, 4) is 0 Å². The van der Waals surface area contributed by atoms with Crippen LogP contribution in [0.2, 0.25) is 0 Å². The maximum Gasteiger partial charge on any atom is 0.252 e. The second kappa shape index (κ2) is 5.58. The summed E-state index contributed by atoms with van der Waals surface area (Å²) in [6, 6.07) is 3.02. The molecule has 0 saturated heterocycles. The van der Waals surface area contributed by atoms with Crippen LogP contribution in [0.5, 0.6) is 0 Å². The Morgan fingerprint density at radius 3 is 2.61 bits per heavy atom. The van der Waals surface area contributed by atoms with E-state index in [1.54, 1.807) is 19.2 Å². The van der Waals surface area contributed by atoms with Crippen molar-refractivity contribution in [1.82, 2.24) is 4.31 Å². The average Bonchev–Trinajstić information content (AvgIpc) is 2.76. The predicted molar refractivity (Wildman–Crippen MR) is 75.2 cm³/mol. The lowest BCUT2D eigenvalue weighted by Gasteiger charge is -2.34. The minimum Gasteiger partial charge on any atom is -0.391 e. The molecular formula is C11H16BrNO3S2. The van der Waals surface area contributed by atoms with Crippen molar-refractivity contribution >= 4 is 37.3 Å². The standard InChI is InChI=1S/C11H16BrNO3S2/c1-13(8-4-2-3-5-9(8)14)18(15,16)11-7-6-10(12)17-11/h6-9,14H,2-5H2,1H3/t8-,9-/m1/s1. The molecule has 7 heteroatoms. The molecule has 0 aromatic carbocycles. The van der Waals surface area contributed by atoms with Gasteiger partial charge in [0, 0.05) is 7.05 Å². The van der Waals surface area contributed by atoms with Gasteiger partial charge in [0.1, 0.15) is 4.21 Å². The molecule has 18 heavy (non-hydrogen) atoms. The highest BCUT2D eigenvalue weighted by Crippen LogP contribution is 2.31. The van der Waals surface area contributed by atoms with Gasteiger partial charge in [-0.3, -0.25) is 0 Å². The molecule has 4 nitrogen and oxygen atoms in total. The van der Waals surface area contributed by atoms with Crippen molar-refractivity contribution in [2.75, 3.05) is 7.05 Å². The molecule has 1 heterocycles. The minimum absolute atomic E-state index is 0.301. The van der Waals surface area contributed by atoms with E-state index in [0.717, 1.165) is 23.0 Å². The summed E-state index contributed by atoms with van der Waals surface area (Å²) >= 11 is 4.46. The molecule has 1 aliphatic rings. The summed E-state index contributed by atoms with van der Waals surface area (Å²) in [5, 5.41) is 9.94. The van der Waals surface area contributed by atoms with E-state index in [9.17, 15) is 13.5 Å². The van der Waals surface area contributed by atoms with Crippen LogP contribution in [-0.4, -0.2) is 37.0 Å². The first-order valence-corrected chi connectivity index (χ1v) is 8.89. The summed E-state index contributed by atoms with van der Waals surface area (Å²) in [4.78, 5) is 0. The maximum absolute atomic E-state index is 12.4. The zero-order chi connectivity index (χ0) is 13.3. The van der Waals surface area contributed by atoms with Crippen LogP contribution in [0.4, 0.5) is 0 Å². The first-order valence-electron chi connectivity index (χ1n) is 5.84. The van der Waals surface area contributed by atoms with E-state index in [-0.39, 0.29) is 6.04 Å². The molecule has 0 unspecified atom stereocenters. The summed E-state index contributed by atoms with van der Waals surface area (Å²) in [5.41, 5.74) is 0. The third-order valence-corrected chi connectivity index (χ3v) is 7.32. The lowest BCUT2D eigenvalue weighted by atomic mass is 9.93. The van der Waals surface area contributed by atoms with E-state index in [2.05, 4.69) is 15.9 Å². The van der Waals surface area contributed by atoms with Crippen molar-refractivity contribution in [3.05, 3.63) is 15.9 Å². The summed E-state index contributed by atoms with van der Waals surface area (Å²) in [6.07, 6.45) is 2.79. The van der Waals surface area contributed by atoms with Gasteiger partial charge in [0.2, 0.25) is 0 Å². The second-order valence-electron chi connectivity index (χ2n) is 4.50. The van der Waals surface area contributed by atoms with Crippen molar-refractivity contribution in [1.29, 1.82) is 0 Å². The Labute approximate surface area is 120 Å². The number of aliphatic hydroxyl groups is 1. The van der Waals surface area contributed by atoms with Gasteiger partial charge in [-0.2, -0.15) is 4.31 Å². The Morgan fingerprint density at radius 1 is 1.39 bits per heavy atom. The Hall–Kier alpha value is 0.0500. The van der Waals surface area contributed by atoms with Gasteiger partial charge >= 0.3 is 0 Å². The van der Waals surface area contributed by atoms with Crippen LogP contribution >= 0.6 is 27.3 Å². The zero-order valence-corrected chi connectivity index (χ0v) is 13.3. The van der Waals surface area contributed by atoms with Gasteiger partial charge in [-0.25, -0.2) is 8.42 Å². The van der Waals surface area contributed by atoms with E-state index in [4.69, 9.17) is 0 Å². The van der Waals surface area contributed by atoms with Gasteiger partial charge in [-0.05, 0) is 40.9 Å². The van der Waals surface area contributed by atoms with Crippen molar-refractivity contribution in [2.45, 2.75) is 42.0 Å². The number of thiophene rings is 1. The number of hydrogen-bond donors (Lipinski definition) is 1. The SMILES string of the molecule is CN([C@@H]1CCCC[C@H]1O)S(=O)(=O)c1ccc(Br)s1. The zero-order valence-electron chi connectivity index (χ0n) is 10.0. The molecule has 1 aliphatic carbocycles. The number of sulfonamides is 1. The van der Waals surface area contributed by atoms with Gasteiger partial charge < -0.3 is 5.11 Å². The van der Waals surface area contributed by atoms with E-state index in [1.165, 1.54) is 15.6 Å². The number of rotatable bonds is 3. The number of aliphatic hydroxyl groups excluding tert-OH is 1. The highest BCUT2D eigenvalue weighted by molar-refractivity contribution is 9.11. The van der Waals surface area contributed by atoms with Gasteiger partial charge in [0.15, 0.2) is 0 Å². The number of hydrogen-bond acceptors (Lipinski definition) is 4. The molecule has 1 saturated carbocycles. The summed E-state index contributed by atoms with van der Waals surface area (Å²) in [6.45, 7) is 0. The van der Waals surface area contributed by atoms with E-state index < -0.39 is 16.1 Å². The largest absolute Gasteiger partial charge is 0.391 e. The topological polar surface area (TPSA) is 57.6 Å². The Balaban J connectivity index is 2.24. The monoisotopic (exact) mass is 353 g/mol. The third-order valence-electron chi connectivity index (χ3n) is 3.34. The smallest absolute Gasteiger partial charge is 0.252 e. The molecular weight excluding hydrogens is 338 g/mol. The number of likely N-dealkylation sites (N-methyl/N-ethyl adjacent to an activating group) is 1. The fourth-order valence-electron chi connectivity index (χ4n) is 2.27. The minimum atomic E-state index is -3.49. The third kappa shape index (κ3) is 2.80. The predicted octanol–water partition coefficient (Wildman–Crippen LogP) is 2.43. The van der Waals surface area contributed by atoms with Crippen LogP contribution in [-0.2, 0) is 10.0 Å². The molecule has 1 aromatic rings. The summed E-state index contributed by atoms with van der Waals surface area (Å²) in [7, 11) is -1.93. The fraction of sp³-hybridized carbons (Fsp3) is 0.636. The molecule has 0 bridgehead atoms. The van der Waals surface area contributed by atoms with Crippen molar-refractivity contribution in [2.24, 2.45) is 0 Å². The van der Waals surface area contributed by atoms with Crippen LogP contribution in [0.15, 0.2) is 20.1 Å². The van der Waals surface area contributed by atoms with Crippen LogP contribution in [0, 0.1) is 0 Å². The lowest BCUT2D eigenvalue weighted by molar-refractivity contribution is 0.0638. The lowest BCUT2D eigenvalue weighted by Crippen LogP contribution is -2.45. The van der Waals surface area contributed by atoms with Crippen LogP contribution < -0.4 is 0 Å². The van der Waals surface area contributed by atoms with Gasteiger partial charge in [-0.15, -0.1) is 11.3 Å². The average molecular weight is 354 g/mol. The quantitative estimate of drug-likeness (QED) is 0.907. The van der Waals surface area contributed by atoms with Crippen molar-refractivity contribution < 1.29 is 13.5 Å². The second-order valence-corrected chi connectivity index (χ2v) is 9.19. The van der Waals surface area contributed by atoms with Gasteiger partial charge in [-0.1, -0.05) is 12.8 Å². The molecule has 0 spiro atoms. The molecule has 1 aromatic heterocycles.